The predicted octanol–water partition coefficient (Wildman–Crippen LogP) is 1.18. The van der Waals surface area contributed by atoms with Crippen molar-refractivity contribution in [3.8, 4) is 5.18 Å². The lowest BCUT2D eigenvalue weighted by atomic mass is 10.1. The molecule has 1 nitrogen and oxygen atoms in total. The molecule has 1 N–H and O–H groups in total. The van der Waals surface area contributed by atoms with Gasteiger partial charge in [-0.05, 0) is 25.7 Å². The molecule has 8 heavy (non-hydrogen) atoms. The van der Waals surface area contributed by atoms with E-state index < -0.39 is 5.60 Å². The van der Waals surface area contributed by atoms with Crippen molar-refractivity contribution in [2.24, 2.45) is 0 Å². The molecule has 0 unspecified atom stereocenters. The Morgan fingerprint density at radius 1 is 1.38 bits per heavy atom. The molecule has 0 saturated heterocycles. The molecule has 1 rings (SSSR count). The predicted molar refractivity (Wildman–Crippen MR) is 36.3 cm³/mol. The Hall–Kier alpha value is -0.0400. The Morgan fingerprint density at radius 2 is 1.88 bits per heavy atom. The normalized spacial score (nSPS) is 25.1. The summed E-state index contributed by atoms with van der Waals surface area (Å²) in [4.78, 5) is 0. The van der Waals surface area contributed by atoms with Crippen LogP contribution in [0.1, 0.15) is 25.7 Å². The first kappa shape index (κ1) is 6.09. The highest BCUT2D eigenvalue weighted by atomic mass is 32.1. The van der Waals surface area contributed by atoms with E-state index in [1.54, 1.807) is 0 Å². The van der Waals surface area contributed by atoms with Crippen molar-refractivity contribution in [1.82, 2.24) is 0 Å². The van der Waals surface area contributed by atoms with Crippen molar-refractivity contribution in [3.63, 3.8) is 0 Å². The Morgan fingerprint density at radius 3 is 2.12 bits per heavy atom. The SMILES string of the molecule is OC1(C#[SH])CCCC1. The van der Waals surface area contributed by atoms with E-state index in [1.807, 2.05) is 0 Å². The number of hydrogen-bond donors (Lipinski definition) is 2. The van der Waals surface area contributed by atoms with Crippen LogP contribution >= 0.6 is 12.0 Å². The van der Waals surface area contributed by atoms with E-state index in [2.05, 4.69) is 17.2 Å². The average molecular weight is 130 g/mol. The van der Waals surface area contributed by atoms with Gasteiger partial charge in [-0.1, -0.05) is 5.18 Å². The molecule has 0 aromatic heterocycles. The van der Waals surface area contributed by atoms with Crippen LogP contribution in [0.4, 0.5) is 0 Å². The highest BCUT2D eigenvalue weighted by Crippen LogP contribution is 2.28. The van der Waals surface area contributed by atoms with Crippen LogP contribution in [0.5, 0.6) is 0 Å². The Bertz CT molecular complexity index is 119. The van der Waals surface area contributed by atoms with Crippen LogP contribution in [0.15, 0.2) is 0 Å². The van der Waals surface area contributed by atoms with Crippen molar-refractivity contribution < 1.29 is 5.11 Å². The maximum absolute atomic E-state index is 9.31. The molecule has 46 valence electrons. The van der Waals surface area contributed by atoms with E-state index in [9.17, 15) is 5.11 Å². The van der Waals surface area contributed by atoms with E-state index in [-0.39, 0.29) is 0 Å². The maximum Gasteiger partial charge on any atom is 0.127 e. The number of aliphatic hydroxyl groups is 1. The van der Waals surface area contributed by atoms with Gasteiger partial charge in [0.25, 0.3) is 0 Å². The van der Waals surface area contributed by atoms with Gasteiger partial charge < -0.3 is 5.11 Å². The summed E-state index contributed by atoms with van der Waals surface area (Å²) in [5, 5.41) is 11.9. The van der Waals surface area contributed by atoms with Crippen LogP contribution in [-0.4, -0.2) is 10.7 Å². The van der Waals surface area contributed by atoms with Gasteiger partial charge in [-0.15, -0.1) is 12.0 Å². The molecule has 1 aliphatic rings. The molecule has 2 heteroatoms. The molecule has 0 radical (unpaired) electrons. The third kappa shape index (κ3) is 1.03. The fraction of sp³-hybridized carbons (Fsp3) is 0.833. The molecule has 0 aromatic rings. The van der Waals surface area contributed by atoms with Gasteiger partial charge in [-0.25, -0.2) is 0 Å². The average Bonchev–Trinajstić information content (AvgIpc) is 2.17. The molecule has 0 atom stereocenters. The highest BCUT2D eigenvalue weighted by Gasteiger charge is 2.27. The van der Waals surface area contributed by atoms with E-state index in [0.29, 0.717) is 0 Å². The lowest BCUT2D eigenvalue weighted by Gasteiger charge is -2.11. The second-order valence-electron chi connectivity index (χ2n) is 2.35. The molecule has 1 saturated carbocycles. The van der Waals surface area contributed by atoms with Crippen LogP contribution in [-0.2, 0) is 0 Å². The van der Waals surface area contributed by atoms with E-state index in [0.717, 1.165) is 25.7 Å². The number of rotatable bonds is 0. The summed E-state index contributed by atoms with van der Waals surface area (Å²) in [5.41, 5.74) is -0.650. The quantitative estimate of drug-likeness (QED) is 0.472. The fourth-order valence-corrected chi connectivity index (χ4v) is 1.30. The summed E-state index contributed by atoms with van der Waals surface area (Å²) < 4.78 is 0. The molecular formula is C6H10OS. The summed E-state index contributed by atoms with van der Waals surface area (Å²) in [5.74, 6) is 0. The van der Waals surface area contributed by atoms with Crippen molar-refractivity contribution in [2.75, 3.05) is 0 Å². The van der Waals surface area contributed by atoms with Gasteiger partial charge in [0.2, 0.25) is 0 Å². The van der Waals surface area contributed by atoms with Gasteiger partial charge in [0, 0.05) is 0 Å². The van der Waals surface area contributed by atoms with Crippen molar-refractivity contribution in [3.05, 3.63) is 0 Å². The molecule has 0 bridgehead atoms. The Balaban J connectivity index is 2.56. The summed E-state index contributed by atoms with van der Waals surface area (Å²) in [6.07, 6.45) is 3.92. The Kier molecular flexibility index (Phi) is 1.57. The van der Waals surface area contributed by atoms with Crippen LogP contribution in [0.25, 0.3) is 0 Å². The molecule has 0 aromatic carbocycles. The molecule has 1 aliphatic carbocycles. The first-order chi connectivity index (χ1) is 3.77. The third-order valence-electron chi connectivity index (χ3n) is 1.64. The summed E-state index contributed by atoms with van der Waals surface area (Å²) in [6, 6.07) is 0. The zero-order valence-electron chi connectivity index (χ0n) is 4.72. The minimum Gasteiger partial charge on any atom is -0.377 e. The molecule has 1 fully saturated rings. The summed E-state index contributed by atoms with van der Waals surface area (Å²) in [7, 11) is 0. The highest BCUT2D eigenvalue weighted by molar-refractivity contribution is 7.68. The van der Waals surface area contributed by atoms with Crippen molar-refractivity contribution in [1.29, 1.82) is 0 Å². The second kappa shape index (κ2) is 2.06. The smallest absolute Gasteiger partial charge is 0.127 e. The minimum absolute atomic E-state index is 0.650. The number of thiol groups is 1. The number of hydrogen-bond acceptors (Lipinski definition) is 1. The maximum atomic E-state index is 9.31. The van der Waals surface area contributed by atoms with Gasteiger partial charge >= 0.3 is 0 Å². The van der Waals surface area contributed by atoms with Gasteiger partial charge in [0.05, 0.1) is 0 Å². The van der Waals surface area contributed by atoms with Gasteiger partial charge in [-0.2, -0.15) is 0 Å². The van der Waals surface area contributed by atoms with Crippen molar-refractivity contribution >= 4 is 12.0 Å². The van der Waals surface area contributed by atoms with Crippen LogP contribution in [0, 0.1) is 5.18 Å². The minimum atomic E-state index is -0.650. The van der Waals surface area contributed by atoms with E-state index >= 15 is 0 Å². The van der Waals surface area contributed by atoms with Crippen LogP contribution in [0.3, 0.4) is 0 Å². The summed E-state index contributed by atoms with van der Waals surface area (Å²) >= 11 is 3.80. The zero-order chi connectivity index (χ0) is 6.04. The molecule has 0 amide bonds. The fourth-order valence-electron chi connectivity index (χ4n) is 1.07. The van der Waals surface area contributed by atoms with Gasteiger partial charge in [-0.3, -0.25) is 0 Å². The third-order valence-corrected chi connectivity index (χ3v) is 2.06. The molecule has 0 heterocycles. The second-order valence-corrected chi connectivity index (χ2v) is 2.57. The first-order valence-electron chi connectivity index (χ1n) is 2.90. The van der Waals surface area contributed by atoms with E-state index in [4.69, 9.17) is 0 Å². The lowest BCUT2D eigenvalue weighted by molar-refractivity contribution is 0.111. The standard InChI is InChI=1S/C6H10OS/c7-6(5-8)3-1-2-4-6/h7-8H,1-4H2. The topological polar surface area (TPSA) is 20.2 Å². The van der Waals surface area contributed by atoms with Crippen LogP contribution in [0.2, 0.25) is 0 Å². The monoisotopic (exact) mass is 130 g/mol. The molecular weight excluding hydrogens is 120 g/mol. The van der Waals surface area contributed by atoms with Crippen molar-refractivity contribution in [2.45, 2.75) is 31.3 Å². The van der Waals surface area contributed by atoms with Crippen LogP contribution < -0.4 is 0 Å². The summed E-state index contributed by atoms with van der Waals surface area (Å²) in [6.45, 7) is 0. The first-order valence-corrected chi connectivity index (χ1v) is 3.35. The zero-order valence-corrected chi connectivity index (χ0v) is 5.62. The van der Waals surface area contributed by atoms with Gasteiger partial charge in [0.1, 0.15) is 5.60 Å². The van der Waals surface area contributed by atoms with Gasteiger partial charge in [0.15, 0.2) is 0 Å². The largest absolute Gasteiger partial charge is 0.377 e. The molecule has 0 aliphatic heterocycles. The lowest BCUT2D eigenvalue weighted by Crippen LogP contribution is -2.19. The molecule has 0 spiro atoms. The Labute approximate surface area is 54.3 Å². The van der Waals surface area contributed by atoms with E-state index in [1.165, 1.54) is 0 Å².